The number of nitrogens with zero attached hydrogens (tertiary/aromatic N) is 5. The van der Waals surface area contributed by atoms with Gasteiger partial charge in [0.25, 0.3) is 5.91 Å². The van der Waals surface area contributed by atoms with Crippen LogP contribution >= 0.6 is 11.3 Å². The molecule has 0 spiro atoms. The third kappa shape index (κ3) is 3.11. The molecule has 4 aromatic rings. The first-order chi connectivity index (χ1) is 13.2. The van der Waals surface area contributed by atoms with Gasteiger partial charge in [-0.25, -0.2) is 4.98 Å². The second-order valence-electron chi connectivity index (χ2n) is 5.99. The highest BCUT2D eigenvalue weighted by Gasteiger charge is 2.34. The summed E-state index contributed by atoms with van der Waals surface area (Å²) in [5, 5.41) is 14.3. The van der Waals surface area contributed by atoms with E-state index in [-0.39, 0.29) is 11.0 Å². The number of benzene rings is 1. The van der Waals surface area contributed by atoms with Crippen molar-refractivity contribution in [1.82, 2.24) is 30.2 Å². The summed E-state index contributed by atoms with van der Waals surface area (Å²) >= 11 is 1.36. The maximum atomic E-state index is 12.9. The minimum Gasteiger partial charge on any atom is -0.334 e. The number of hydrogen-bond donors (Lipinski definition) is 2. The van der Waals surface area contributed by atoms with Crippen molar-refractivity contribution in [3.8, 4) is 5.00 Å². The zero-order valence-corrected chi connectivity index (χ0v) is 15.3. The summed E-state index contributed by atoms with van der Waals surface area (Å²) in [6, 6.07) is 4.30. The Morgan fingerprint density at radius 3 is 2.75 bits per heavy atom. The number of carbonyl (C=O) groups excluding carboxylic acids is 1. The first-order valence-corrected chi connectivity index (χ1v) is 8.77. The van der Waals surface area contributed by atoms with Crippen LogP contribution in [0.1, 0.15) is 26.6 Å². The van der Waals surface area contributed by atoms with Crippen LogP contribution in [0, 0.1) is 13.8 Å². The van der Waals surface area contributed by atoms with Crippen molar-refractivity contribution in [3.63, 3.8) is 0 Å². The van der Waals surface area contributed by atoms with Crippen LogP contribution in [0.2, 0.25) is 0 Å². The molecule has 0 saturated heterocycles. The summed E-state index contributed by atoms with van der Waals surface area (Å²) in [7, 11) is 0. The van der Waals surface area contributed by atoms with Crippen molar-refractivity contribution in [2.45, 2.75) is 20.0 Å². The van der Waals surface area contributed by atoms with Crippen molar-refractivity contribution in [2.75, 3.05) is 5.32 Å². The van der Waals surface area contributed by atoms with Crippen molar-refractivity contribution < 1.29 is 18.0 Å². The first kappa shape index (κ1) is 18.1. The number of tetrazole rings is 1. The number of amides is 1. The molecule has 0 radical (unpaired) electrons. The summed E-state index contributed by atoms with van der Waals surface area (Å²) in [5.74, 6) is -1.50. The van der Waals surface area contributed by atoms with Crippen LogP contribution in [0.5, 0.6) is 0 Å². The molecule has 12 heteroatoms. The van der Waals surface area contributed by atoms with Gasteiger partial charge in [0, 0.05) is 10.6 Å². The molecule has 0 aliphatic heterocycles. The number of thiophene rings is 1. The van der Waals surface area contributed by atoms with E-state index in [9.17, 15) is 18.0 Å². The minimum atomic E-state index is -4.57. The third-order valence-electron chi connectivity index (χ3n) is 4.16. The number of anilines is 1. The lowest BCUT2D eigenvalue weighted by molar-refractivity contribution is -0.144. The topological polar surface area (TPSA) is 101 Å². The maximum Gasteiger partial charge on any atom is 0.449 e. The van der Waals surface area contributed by atoms with E-state index in [4.69, 9.17) is 0 Å². The number of carbonyl (C=O) groups is 1. The average molecular weight is 407 g/mol. The van der Waals surface area contributed by atoms with Gasteiger partial charge in [-0.2, -0.15) is 17.9 Å². The standard InChI is InChI=1S/C16H12F3N7OS/c1-7-8(2)28-14(26-6-20-24-25-26)12(7)13(27)21-9-3-4-10-11(5-9)23-15(22-10)16(17,18)19/h3-6H,1-2H3,(H,21,27)(H,22,23). The van der Waals surface area contributed by atoms with Crippen LogP contribution in [0.15, 0.2) is 24.5 Å². The van der Waals surface area contributed by atoms with Gasteiger partial charge in [-0.1, -0.05) is 0 Å². The Kier molecular flexibility index (Phi) is 4.14. The van der Waals surface area contributed by atoms with E-state index in [0.717, 1.165) is 10.4 Å². The molecular formula is C16H12F3N7OS. The number of H-pyrrole nitrogens is 1. The van der Waals surface area contributed by atoms with E-state index in [1.807, 2.05) is 13.8 Å². The highest BCUT2D eigenvalue weighted by Crippen LogP contribution is 2.32. The van der Waals surface area contributed by atoms with E-state index in [0.29, 0.717) is 16.3 Å². The molecule has 0 atom stereocenters. The minimum absolute atomic E-state index is 0.155. The molecule has 0 aliphatic carbocycles. The van der Waals surface area contributed by atoms with Crippen LogP contribution in [0.4, 0.5) is 18.9 Å². The van der Waals surface area contributed by atoms with Crippen molar-refractivity contribution in [3.05, 3.63) is 46.4 Å². The van der Waals surface area contributed by atoms with E-state index in [1.54, 1.807) is 0 Å². The van der Waals surface area contributed by atoms with Crippen LogP contribution in [0.25, 0.3) is 16.0 Å². The largest absolute Gasteiger partial charge is 0.449 e. The molecule has 1 aromatic carbocycles. The molecular weight excluding hydrogens is 395 g/mol. The zero-order chi connectivity index (χ0) is 20.1. The SMILES string of the molecule is Cc1sc(-n2cnnn2)c(C(=O)Nc2ccc3nc(C(F)(F)F)[nH]c3c2)c1C. The lowest BCUT2D eigenvalue weighted by Crippen LogP contribution is -2.15. The lowest BCUT2D eigenvalue weighted by atomic mass is 10.1. The normalized spacial score (nSPS) is 11.9. The summed E-state index contributed by atoms with van der Waals surface area (Å²) < 4.78 is 39.8. The molecule has 144 valence electrons. The van der Waals surface area contributed by atoms with Gasteiger partial charge < -0.3 is 10.3 Å². The van der Waals surface area contributed by atoms with Crippen LogP contribution in [0.3, 0.4) is 0 Å². The first-order valence-electron chi connectivity index (χ1n) is 7.95. The summed E-state index contributed by atoms with van der Waals surface area (Å²) in [5.41, 5.74) is 1.83. The van der Waals surface area contributed by atoms with Crippen LogP contribution in [-0.2, 0) is 6.18 Å². The van der Waals surface area contributed by atoms with Crippen molar-refractivity contribution in [1.29, 1.82) is 0 Å². The van der Waals surface area contributed by atoms with Gasteiger partial charge in [0.15, 0.2) is 0 Å². The Bertz CT molecular complexity index is 1180. The van der Waals surface area contributed by atoms with Crippen LogP contribution < -0.4 is 5.32 Å². The highest BCUT2D eigenvalue weighted by molar-refractivity contribution is 7.15. The summed E-state index contributed by atoms with van der Waals surface area (Å²) in [6.07, 6.45) is -3.19. The fraction of sp³-hybridized carbons (Fsp3) is 0.188. The Hall–Kier alpha value is -3.28. The van der Waals surface area contributed by atoms with Gasteiger partial charge in [-0.05, 0) is 48.0 Å². The van der Waals surface area contributed by atoms with Gasteiger partial charge in [-0.3, -0.25) is 4.79 Å². The van der Waals surface area contributed by atoms with E-state index in [1.165, 1.54) is 40.5 Å². The number of alkyl halides is 3. The Balaban J connectivity index is 1.68. The van der Waals surface area contributed by atoms with Gasteiger partial charge in [0.1, 0.15) is 11.3 Å². The molecule has 0 aliphatic rings. The van der Waals surface area contributed by atoms with Crippen molar-refractivity contribution in [2.24, 2.45) is 0 Å². The second-order valence-corrected chi connectivity index (χ2v) is 7.19. The Morgan fingerprint density at radius 1 is 1.29 bits per heavy atom. The molecule has 3 aromatic heterocycles. The number of halogens is 3. The number of rotatable bonds is 3. The predicted molar refractivity (Wildman–Crippen MR) is 95.6 cm³/mol. The number of aromatic amines is 1. The van der Waals surface area contributed by atoms with Gasteiger partial charge >= 0.3 is 6.18 Å². The molecule has 1 amide bonds. The summed E-state index contributed by atoms with van der Waals surface area (Å²) in [6.45, 7) is 3.68. The fourth-order valence-corrected chi connectivity index (χ4v) is 3.78. The fourth-order valence-electron chi connectivity index (χ4n) is 2.71. The lowest BCUT2D eigenvalue weighted by Gasteiger charge is -2.07. The Morgan fingerprint density at radius 2 is 2.07 bits per heavy atom. The smallest absolute Gasteiger partial charge is 0.334 e. The monoisotopic (exact) mass is 407 g/mol. The molecule has 8 nitrogen and oxygen atoms in total. The number of hydrogen-bond acceptors (Lipinski definition) is 6. The van der Waals surface area contributed by atoms with Gasteiger partial charge in [0.2, 0.25) is 5.82 Å². The number of aromatic nitrogens is 6. The van der Waals surface area contributed by atoms with Crippen LogP contribution in [-0.4, -0.2) is 36.1 Å². The predicted octanol–water partition coefficient (Wildman–Crippen LogP) is 3.49. The molecule has 0 fully saturated rings. The molecule has 0 bridgehead atoms. The molecule has 0 saturated carbocycles. The van der Waals surface area contributed by atoms with Crippen molar-refractivity contribution >= 4 is 34.0 Å². The number of nitrogens with one attached hydrogen (secondary N) is 2. The molecule has 3 heterocycles. The average Bonchev–Trinajstić information content (AvgIpc) is 3.34. The maximum absolute atomic E-state index is 12.9. The van der Waals surface area contributed by atoms with E-state index >= 15 is 0 Å². The third-order valence-corrected chi connectivity index (χ3v) is 5.36. The molecule has 0 unspecified atom stereocenters. The number of aryl methyl sites for hydroxylation is 1. The van der Waals surface area contributed by atoms with Gasteiger partial charge in [-0.15, -0.1) is 16.4 Å². The van der Waals surface area contributed by atoms with E-state index in [2.05, 4.69) is 30.8 Å². The van der Waals surface area contributed by atoms with E-state index < -0.39 is 17.9 Å². The van der Waals surface area contributed by atoms with Gasteiger partial charge in [0.05, 0.1) is 16.6 Å². The quantitative estimate of drug-likeness (QED) is 0.541. The molecule has 28 heavy (non-hydrogen) atoms. The summed E-state index contributed by atoms with van der Waals surface area (Å²) in [4.78, 5) is 19.5. The number of fused-ring (bicyclic) bond motifs is 1. The zero-order valence-electron chi connectivity index (χ0n) is 14.5. The Labute approximate surface area is 159 Å². The molecule has 2 N–H and O–H groups in total. The number of imidazole rings is 1. The highest BCUT2D eigenvalue weighted by atomic mass is 32.1. The molecule has 4 rings (SSSR count). The second kappa shape index (κ2) is 6.41.